The first-order valence-corrected chi connectivity index (χ1v) is 7.49. The molecule has 0 spiro atoms. The molecule has 0 saturated heterocycles. The van der Waals surface area contributed by atoms with Crippen LogP contribution in [0.1, 0.15) is 30.1 Å². The summed E-state index contributed by atoms with van der Waals surface area (Å²) in [6.45, 7) is 1.67. The first-order chi connectivity index (χ1) is 8.97. The van der Waals surface area contributed by atoms with Gasteiger partial charge in [0.15, 0.2) is 0 Å². The number of carbonyl (C=O) groups excluding carboxylic acids is 2. The van der Waals surface area contributed by atoms with Crippen molar-refractivity contribution in [2.75, 3.05) is 0 Å². The summed E-state index contributed by atoms with van der Waals surface area (Å²) in [6.07, 6.45) is 2.05. The maximum absolute atomic E-state index is 12.0. The Labute approximate surface area is 130 Å². The number of rotatable bonds is 4. The van der Waals surface area contributed by atoms with E-state index in [1.807, 2.05) is 0 Å². The molecule has 4 nitrogen and oxygen atoms in total. The molecule has 1 aliphatic rings. The van der Waals surface area contributed by atoms with Gasteiger partial charge in [-0.3, -0.25) is 9.59 Å². The van der Waals surface area contributed by atoms with Gasteiger partial charge in [0.2, 0.25) is 5.91 Å². The summed E-state index contributed by atoms with van der Waals surface area (Å²) in [4.78, 5) is 23.7. The Morgan fingerprint density at radius 1 is 1.42 bits per heavy atom. The first kappa shape index (κ1) is 14.6. The standard InChI is InChI=1S/C13H14ClIN2O2/c1-7(12(18)17-9-3-4-9)16-13(19)8-2-5-11(15)10(14)6-8/h2,5-7,9H,3-4H2,1H3,(H,16,19)(H,17,18). The van der Waals surface area contributed by atoms with Crippen LogP contribution in [-0.4, -0.2) is 23.9 Å². The van der Waals surface area contributed by atoms with Gasteiger partial charge in [0.25, 0.3) is 5.91 Å². The SMILES string of the molecule is CC(NC(=O)c1ccc(I)c(Cl)c1)C(=O)NC1CC1. The lowest BCUT2D eigenvalue weighted by Crippen LogP contribution is -2.45. The molecule has 2 rings (SSSR count). The van der Waals surface area contributed by atoms with E-state index in [9.17, 15) is 9.59 Å². The number of halogens is 2. The predicted molar refractivity (Wildman–Crippen MR) is 82.3 cm³/mol. The van der Waals surface area contributed by atoms with Crippen molar-refractivity contribution >= 4 is 46.0 Å². The molecule has 1 aromatic rings. The molecule has 2 N–H and O–H groups in total. The highest BCUT2D eigenvalue weighted by Crippen LogP contribution is 2.20. The molecule has 0 bridgehead atoms. The van der Waals surface area contributed by atoms with Gasteiger partial charge < -0.3 is 10.6 Å². The van der Waals surface area contributed by atoms with Crippen LogP contribution in [0.5, 0.6) is 0 Å². The van der Waals surface area contributed by atoms with Crippen LogP contribution in [0.2, 0.25) is 5.02 Å². The van der Waals surface area contributed by atoms with Crippen molar-refractivity contribution in [3.05, 3.63) is 32.4 Å². The van der Waals surface area contributed by atoms with Gasteiger partial charge in [0.1, 0.15) is 6.04 Å². The number of hydrogen-bond acceptors (Lipinski definition) is 2. The van der Waals surface area contributed by atoms with E-state index < -0.39 is 6.04 Å². The second-order valence-corrected chi connectivity index (χ2v) is 6.18. The van der Waals surface area contributed by atoms with Gasteiger partial charge in [-0.1, -0.05) is 11.6 Å². The van der Waals surface area contributed by atoms with Crippen molar-refractivity contribution in [2.24, 2.45) is 0 Å². The maximum atomic E-state index is 12.0. The van der Waals surface area contributed by atoms with Crippen LogP contribution in [0, 0.1) is 3.57 Å². The van der Waals surface area contributed by atoms with E-state index in [1.54, 1.807) is 25.1 Å². The number of benzene rings is 1. The normalized spacial score (nSPS) is 15.7. The highest BCUT2D eigenvalue weighted by molar-refractivity contribution is 14.1. The van der Waals surface area contributed by atoms with Crippen molar-refractivity contribution in [1.82, 2.24) is 10.6 Å². The molecule has 6 heteroatoms. The Morgan fingerprint density at radius 3 is 2.68 bits per heavy atom. The maximum Gasteiger partial charge on any atom is 0.251 e. The fraction of sp³-hybridized carbons (Fsp3) is 0.385. The average Bonchev–Trinajstić information content (AvgIpc) is 3.16. The van der Waals surface area contributed by atoms with Crippen molar-refractivity contribution < 1.29 is 9.59 Å². The Balaban J connectivity index is 1.95. The molecule has 1 saturated carbocycles. The zero-order valence-electron chi connectivity index (χ0n) is 10.4. The predicted octanol–water partition coefficient (Wildman–Crippen LogP) is 2.34. The van der Waals surface area contributed by atoms with Gasteiger partial charge in [-0.15, -0.1) is 0 Å². The van der Waals surface area contributed by atoms with E-state index in [2.05, 4.69) is 33.2 Å². The molecule has 1 atom stereocenters. The summed E-state index contributed by atoms with van der Waals surface area (Å²) >= 11 is 8.06. The van der Waals surface area contributed by atoms with Crippen LogP contribution < -0.4 is 10.6 Å². The van der Waals surface area contributed by atoms with Crippen molar-refractivity contribution in [3.8, 4) is 0 Å². The van der Waals surface area contributed by atoms with E-state index in [-0.39, 0.29) is 11.8 Å². The summed E-state index contributed by atoms with van der Waals surface area (Å²) in [6, 6.07) is 4.80. The fourth-order valence-electron chi connectivity index (χ4n) is 1.54. The summed E-state index contributed by atoms with van der Waals surface area (Å²) in [5.74, 6) is -0.441. The second-order valence-electron chi connectivity index (χ2n) is 4.61. The van der Waals surface area contributed by atoms with Crippen LogP contribution in [0.4, 0.5) is 0 Å². The molecular formula is C13H14ClIN2O2. The van der Waals surface area contributed by atoms with Crippen LogP contribution in [0.3, 0.4) is 0 Å². The van der Waals surface area contributed by atoms with Crippen LogP contribution in [0.25, 0.3) is 0 Å². The Kier molecular flexibility index (Phi) is 4.67. The smallest absolute Gasteiger partial charge is 0.251 e. The van der Waals surface area contributed by atoms with Crippen LogP contribution in [-0.2, 0) is 4.79 Å². The van der Waals surface area contributed by atoms with E-state index in [0.717, 1.165) is 16.4 Å². The second kappa shape index (κ2) is 6.09. The van der Waals surface area contributed by atoms with Gasteiger partial charge in [0.05, 0.1) is 5.02 Å². The molecule has 2 amide bonds. The quantitative estimate of drug-likeness (QED) is 0.773. The molecule has 1 fully saturated rings. The fourth-order valence-corrected chi connectivity index (χ4v) is 2.05. The number of hydrogen-bond donors (Lipinski definition) is 2. The summed E-state index contributed by atoms with van der Waals surface area (Å²) in [5, 5.41) is 6.04. The van der Waals surface area contributed by atoms with Gasteiger partial charge in [0, 0.05) is 15.2 Å². The van der Waals surface area contributed by atoms with Crippen molar-refractivity contribution in [2.45, 2.75) is 31.8 Å². The zero-order chi connectivity index (χ0) is 14.0. The number of carbonyl (C=O) groups is 2. The molecule has 19 heavy (non-hydrogen) atoms. The average molecular weight is 393 g/mol. The Hall–Kier alpha value is -0.820. The van der Waals surface area contributed by atoms with E-state index in [4.69, 9.17) is 11.6 Å². The third-order valence-corrected chi connectivity index (χ3v) is 4.42. The van der Waals surface area contributed by atoms with E-state index >= 15 is 0 Å². The molecule has 1 aromatic carbocycles. The molecule has 0 heterocycles. The summed E-state index contributed by atoms with van der Waals surface area (Å²) in [5.41, 5.74) is 0.455. The van der Waals surface area contributed by atoms with Gasteiger partial charge in [-0.2, -0.15) is 0 Å². The van der Waals surface area contributed by atoms with Crippen LogP contribution >= 0.6 is 34.2 Å². The molecule has 1 unspecified atom stereocenters. The van der Waals surface area contributed by atoms with Crippen molar-refractivity contribution in [3.63, 3.8) is 0 Å². The molecule has 1 aliphatic carbocycles. The molecular weight excluding hydrogens is 379 g/mol. The van der Waals surface area contributed by atoms with Crippen molar-refractivity contribution in [1.29, 1.82) is 0 Å². The summed E-state index contributed by atoms with van der Waals surface area (Å²) in [7, 11) is 0. The minimum Gasteiger partial charge on any atom is -0.352 e. The molecule has 102 valence electrons. The zero-order valence-corrected chi connectivity index (χ0v) is 13.3. The van der Waals surface area contributed by atoms with Crippen LogP contribution in [0.15, 0.2) is 18.2 Å². The van der Waals surface area contributed by atoms with Gasteiger partial charge in [-0.25, -0.2) is 0 Å². The van der Waals surface area contributed by atoms with E-state index in [0.29, 0.717) is 16.6 Å². The lowest BCUT2D eigenvalue weighted by Gasteiger charge is -2.14. The highest BCUT2D eigenvalue weighted by Gasteiger charge is 2.26. The van der Waals surface area contributed by atoms with Gasteiger partial charge >= 0.3 is 0 Å². The minimum absolute atomic E-state index is 0.146. The molecule has 0 aliphatic heterocycles. The number of amides is 2. The molecule has 0 aromatic heterocycles. The minimum atomic E-state index is -0.550. The lowest BCUT2D eigenvalue weighted by atomic mass is 10.2. The Bertz CT molecular complexity index is 517. The summed E-state index contributed by atoms with van der Waals surface area (Å²) < 4.78 is 0.885. The monoisotopic (exact) mass is 392 g/mol. The highest BCUT2D eigenvalue weighted by atomic mass is 127. The third kappa shape index (κ3) is 4.07. The topological polar surface area (TPSA) is 58.2 Å². The van der Waals surface area contributed by atoms with E-state index in [1.165, 1.54) is 0 Å². The third-order valence-electron chi connectivity index (χ3n) is 2.85. The lowest BCUT2D eigenvalue weighted by molar-refractivity contribution is -0.122. The first-order valence-electron chi connectivity index (χ1n) is 6.03. The largest absolute Gasteiger partial charge is 0.352 e. The molecule has 0 radical (unpaired) electrons. The van der Waals surface area contributed by atoms with Gasteiger partial charge in [-0.05, 0) is 60.6 Å². The Morgan fingerprint density at radius 2 is 2.11 bits per heavy atom. The number of nitrogens with one attached hydrogen (secondary N) is 2.